The van der Waals surface area contributed by atoms with E-state index in [1.54, 1.807) is 12.1 Å². The molecule has 0 unspecified atom stereocenters. The Kier molecular flexibility index (Phi) is 2.30. The van der Waals surface area contributed by atoms with E-state index in [0.29, 0.717) is 22.6 Å². The Labute approximate surface area is 92.6 Å². The number of imide groups is 1. The van der Waals surface area contributed by atoms with Gasteiger partial charge in [-0.1, -0.05) is 0 Å². The van der Waals surface area contributed by atoms with E-state index in [4.69, 9.17) is 9.47 Å². The summed E-state index contributed by atoms with van der Waals surface area (Å²) < 4.78 is 10.1. The summed E-state index contributed by atoms with van der Waals surface area (Å²) in [6.45, 7) is 0. The molecule has 1 aromatic rings. The quantitative estimate of drug-likeness (QED) is 0.697. The van der Waals surface area contributed by atoms with Crippen molar-refractivity contribution in [3.05, 3.63) is 23.3 Å². The number of carbonyl (C=O) groups excluding carboxylic acids is 2. The molecule has 1 aliphatic heterocycles. The normalized spacial score (nSPS) is 14.1. The first-order valence-corrected chi connectivity index (χ1v) is 4.68. The summed E-state index contributed by atoms with van der Waals surface area (Å²) in [4.78, 5) is 24.6. The largest absolute Gasteiger partial charge is 0.497 e. The molecule has 0 radical (unpaired) electrons. The lowest BCUT2D eigenvalue weighted by atomic mass is 10.1. The lowest BCUT2D eigenvalue weighted by Gasteiger charge is -2.07. The van der Waals surface area contributed by atoms with Gasteiger partial charge in [0, 0.05) is 13.1 Å². The van der Waals surface area contributed by atoms with Gasteiger partial charge in [-0.25, -0.2) is 0 Å². The molecular formula is C11H11NO4. The van der Waals surface area contributed by atoms with E-state index in [1.165, 1.54) is 21.3 Å². The molecule has 1 aliphatic rings. The van der Waals surface area contributed by atoms with Crippen molar-refractivity contribution in [1.82, 2.24) is 4.90 Å². The van der Waals surface area contributed by atoms with Gasteiger partial charge in [0.15, 0.2) is 0 Å². The molecule has 0 saturated carbocycles. The molecule has 0 fully saturated rings. The molecule has 1 heterocycles. The first kappa shape index (κ1) is 10.5. The number of rotatable bonds is 2. The van der Waals surface area contributed by atoms with Crippen molar-refractivity contribution in [3.8, 4) is 11.5 Å². The number of carbonyl (C=O) groups is 2. The minimum Gasteiger partial charge on any atom is -0.497 e. The van der Waals surface area contributed by atoms with Crippen molar-refractivity contribution in [2.24, 2.45) is 0 Å². The van der Waals surface area contributed by atoms with Crippen LogP contribution in [-0.4, -0.2) is 38.0 Å². The second-order valence-corrected chi connectivity index (χ2v) is 3.42. The Morgan fingerprint density at radius 2 is 1.75 bits per heavy atom. The third-order valence-corrected chi connectivity index (χ3v) is 2.58. The molecule has 2 rings (SSSR count). The zero-order chi connectivity index (χ0) is 11.9. The minimum absolute atomic E-state index is 0.302. The van der Waals surface area contributed by atoms with Crippen molar-refractivity contribution in [2.75, 3.05) is 21.3 Å². The maximum absolute atomic E-state index is 11.8. The maximum atomic E-state index is 11.8. The lowest BCUT2D eigenvalue weighted by Crippen LogP contribution is -2.24. The topological polar surface area (TPSA) is 55.8 Å². The molecule has 0 aliphatic carbocycles. The standard InChI is InChI=1S/C11H11NO4/c1-12-10(13)7-4-6(15-2)5-8(16-3)9(7)11(12)14/h4-5H,1-3H3. The summed E-state index contributed by atoms with van der Waals surface area (Å²) in [6, 6.07) is 3.13. The van der Waals surface area contributed by atoms with Gasteiger partial charge < -0.3 is 9.47 Å². The van der Waals surface area contributed by atoms with Gasteiger partial charge in [0.25, 0.3) is 11.8 Å². The van der Waals surface area contributed by atoms with Gasteiger partial charge in [-0.15, -0.1) is 0 Å². The van der Waals surface area contributed by atoms with Crippen molar-refractivity contribution < 1.29 is 19.1 Å². The smallest absolute Gasteiger partial charge is 0.265 e. The Hall–Kier alpha value is -2.04. The number of hydrogen-bond acceptors (Lipinski definition) is 4. The molecule has 16 heavy (non-hydrogen) atoms. The zero-order valence-corrected chi connectivity index (χ0v) is 9.23. The van der Waals surface area contributed by atoms with Crippen LogP contribution in [0.1, 0.15) is 20.7 Å². The van der Waals surface area contributed by atoms with Crippen LogP contribution in [0.2, 0.25) is 0 Å². The number of hydrogen-bond donors (Lipinski definition) is 0. The first-order valence-electron chi connectivity index (χ1n) is 4.68. The number of fused-ring (bicyclic) bond motifs is 1. The summed E-state index contributed by atoms with van der Waals surface area (Å²) in [6.07, 6.45) is 0. The van der Waals surface area contributed by atoms with Crippen LogP contribution in [-0.2, 0) is 0 Å². The van der Waals surface area contributed by atoms with Gasteiger partial charge in [-0.3, -0.25) is 14.5 Å². The molecule has 0 spiro atoms. The van der Waals surface area contributed by atoms with Crippen LogP contribution >= 0.6 is 0 Å². The highest BCUT2D eigenvalue weighted by atomic mass is 16.5. The van der Waals surface area contributed by atoms with Crippen LogP contribution < -0.4 is 9.47 Å². The fourth-order valence-corrected chi connectivity index (χ4v) is 1.70. The van der Waals surface area contributed by atoms with Crippen molar-refractivity contribution >= 4 is 11.8 Å². The third-order valence-electron chi connectivity index (χ3n) is 2.58. The van der Waals surface area contributed by atoms with Crippen LogP contribution in [0.4, 0.5) is 0 Å². The van der Waals surface area contributed by atoms with Gasteiger partial charge in [-0.2, -0.15) is 0 Å². The summed E-state index contributed by atoms with van der Waals surface area (Å²) in [5.74, 6) is 0.167. The molecule has 0 N–H and O–H groups in total. The summed E-state index contributed by atoms with van der Waals surface area (Å²) in [5, 5.41) is 0. The van der Waals surface area contributed by atoms with E-state index in [1.807, 2.05) is 0 Å². The molecule has 1 aromatic carbocycles. The number of nitrogens with zero attached hydrogens (tertiary/aromatic N) is 1. The predicted molar refractivity (Wildman–Crippen MR) is 56.0 cm³/mol. The Balaban J connectivity index is 2.69. The molecule has 5 nitrogen and oxygen atoms in total. The van der Waals surface area contributed by atoms with Gasteiger partial charge in [-0.05, 0) is 6.07 Å². The fourth-order valence-electron chi connectivity index (χ4n) is 1.70. The van der Waals surface area contributed by atoms with E-state index in [9.17, 15) is 9.59 Å². The van der Waals surface area contributed by atoms with E-state index >= 15 is 0 Å². The molecule has 5 heteroatoms. The van der Waals surface area contributed by atoms with E-state index < -0.39 is 0 Å². The second kappa shape index (κ2) is 3.52. The highest BCUT2D eigenvalue weighted by Gasteiger charge is 2.36. The molecule has 2 amide bonds. The number of benzene rings is 1. The molecule has 0 atom stereocenters. The van der Waals surface area contributed by atoms with E-state index in [-0.39, 0.29) is 11.8 Å². The van der Waals surface area contributed by atoms with Crippen LogP contribution in [0.15, 0.2) is 12.1 Å². The average Bonchev–Trinajstić information content (AvgIpc) is 2.53. The fraction of sp³-hybridized carbons (Fsp3) is 0.273. The minimum atomic E-state index is -0.348. The maximum Gasteiger partial charge on any atom is 0.265 e. The van der Waals surface area contributed by atoms with Crippen molar-refractivity contribution in [1.29, 1.82) is 0 Å². The molecule has 0 aromatic heterocycles. The summed E-state index contributed by atoms with van der Waals surface area (Å²) in [7, 11) is 4.38. The Bertz CT molecular complexity index is 481. The second-order valence-electron chi connectivity index (χ2n) is 3.42. The predicted octanol–water partition coefficient (Wildman–Crippen LogP) is 0.930. The molecule has 0 bridgehead atoms. The van der Waals surface area contributed by atoms with Crippen LogP contribution in [0, 0.1) is 0 Å². The van der Waals surface area contributed by atoms with Crippen LogP contribution in [0.5, 0.6) is 11.5 Å². The number of ether oxygens (including phenoxy) is 2. The molecular weight excluding hydrogens is 210 g/mol. The summed E-state index contributed by atoms with van der Waals surface area (Å²) in [5.41, 5.74) is 0.625. The van der Waals surface area contributed by atoms with Gasteiger partial charge in [0.2, 0.25) is 0 Å². The van der Waals surface area contributed by atoms with Crippen molar-refractivity contribution in [3.63, 3.8) is 0 Å². The average molecular weight is 221 g/mol. The highest BCUT2D eigenvalue weighted by Crippen LogP contribution is 2.34. The zero-order valence-electron chi connectivity index (χ0n) is 9.23. The highest BCUT2D eigenvalue weighted by molar-refractivity contribution is 6.22. The third kappa shape index (κ3) is 1.25. The SMILES string of the molecule is COc1cc(OC)c2c(c1)C(=O)N(C)C2=O. The molecule has 84 valence electrons. The Morgan fingerprint density at radius 1 is 1.06 bits per heavy atom. The number of methoxy groups -OCH3 is 2. The van der Waals surface area contributed by atoms with Crippen molar-refractivity contribution in [2.45, 2.75) is 0 Å². The monoisotopic (exact) mass is 221 g/mol. The Morgan fingerprint density at radius 3 is 2.31 bits per heavy atom. The summed E-state index contributed by atoms with van der Waals surface area (Å²) >= 11 is 0. The number of amides is 2. The van der Waals surface area contributed by atoms with Gasteiger partial charge in [0.1, 0.15) is 11.5 Å². The first-order chi connectivity index (χ1) is 7.60. The van der Waals surface area contributed by atoms with Crippen LogP contribution in [0.25, 0.3) is 0 Å². The molecule has 0 saturated heterocycles. The van der Waals surface area contributed by atoms with E-state index in [0.717, 1.165) is 4.90 Å². The van der Waals surface area contributed by atoms with Gasteiger partial charge >= 0.3 is 0 Å². The van der Waals surface area contributed by atoms with Crippen LogP contribution in [0.3, 0.4) is 0 Å². The van der Waals surface area contributed by atoms with E-state index in [2.05, 4.69) is 0 Å². The van der Waals surface area contributed by atoms with Gasteiger partial charge in [0.05, 0.1) is 25.3 Å². The lowest BCUT2D eigenvalue weighted by molar-refractivity contribution is 0.0692.